The van der Waals surface area contributed by atoms with Crippen molar-refractivity contribution in [3.05, 3.63) is 77.9 Å². The van der Waals surface area contributed by atoms with E-state index in [-0.39, 0.29) is 12.5 Å². The zero-order valence-corrected chi connectivity index (χ0v) is 22.1. The summed E-state index contributed by atoms with van der Waals surface area (Å²) in [6, 6.07) is 23.0. The topological polar surface area (TPSA) is 143 Å². The Labute approximate surface area is 228 Å². The maximum Gasteiger partial charge on any atom is 0.310 e. The first-order valence-electron chi connectivity index (χ1n) is 13.3. The molecule has 6 atom stereocenters. The lowest BCUT2D eigenvalue weighted by atomic mass is 9.99. The number of hydrogen-bond donors (Lipinski definition) is 6. The van der Waals surface area contributed by atoms with Gasteiger partial charge in [0.2, 0.25) is 0 Å². The van der Waals surface area contributed by atoms with E-state index < -0.39 is 43.6 Å². The minimum absolute atomic E-state index is 0.0884. The highest BCUT2D eigenvalue weighted by Gasteiger charge is 2.33. The number of benzene rings is 3. The Kier molecular flexibility index (Phi) is 9.90. The Hall–Kier alpha value is -3.05. The molecule has 0 aromatic heterocycles. The molecule has 0 spiro atoms. The van der Waals surface area contributed by atoms with Gasteiger partial charge in [0.1, 0.15) is 18.3 Å². The van der Waals surface area contributed by atoms with E-state index in [2.05, 4.69) is 59.6 Å². The van der Waals surface area contributed by atoms with Gasteiger partial charge in [0.05, 0.1) is 19.6 Å². The van der Waals surface area contributed by atoms with Crippen LogP contribution in [0.15, 0.2) is 66.7 Å². The molecule has 9 nitrogen and oxygen atoms in total. The van der Waals surface area contributed by atoms with E-state index in [1.54, 1.807) is 0 Å². The molecular weight excluding hydrogens is 500 g/mol. The Morgan fingerprint density at radius 1 is 0.974 bits per heavy atom. The van der Waals surface area contributed by atoms with Gasteiger partial charge >= 0.3 is 5.97 Å². The minimum Gasteiger partial charge on any atom is -0.457 e. The molecule has 3 aromatic carbocycles. The van der Waals surface area contributed by atoms with Gasteiger partial charge in [-0.3, -0.25) is 4.79 Å². The van der Waals surface area contributed by atoms with Gasteiger partial charge in [-0.2, -0.15) is 0 Å². The number of rotatable bonds is 12. The van der Waals surface area contributed by atoms with E-state index in [1.807, 2.05) is 24.3 Å². The Bertz CT molecular complexity index is 1220. The van der Waals surface area contributed by atoms with Gasteiger partial charge in [-0.1, -0.05) is 54.6 Å². The molecule has 1 saturated heterocycles. The molecule has 1 aliphatic rings. The van der Waals surface area contributed by atoms with Gasteiger partial charge in [0.15, 0.2) is 6.10 Å². The fraction of sp³-hybridized carbons (Fsp3) is 0.433. The standard InChI is InChI=1S/C30H38N2O7/c1-19(24-8-4-6-21-5-2-3-7-25(21)24)31-22-13-14-32(16-22)23-11-9-20(10-12-23)15-28(36)39-27(18-34)30(38)29(37)26(35)17-33/h2-12,19,22,26-27,29-31,33-35,37-38H,13-18H2,1H3/t19-,22+,26-,27-,29-,30-/m1/s1. The van der Waals surface area contributed by atoms with Crippen molar-refractivity contribution >= 4 is 22.4 Å². The van der Waals surface area contributed by atoms with Crippen LogP contribution in [-0.2, 0) is 16.0 Å². The Morgan fingerprint density at radius 3 is 2.41 bits per heavy atom. The van der Waals surface area contributed by atoms with Crippen LogP contribution in [0, 0.1) is 0 Å². The second-order valence-corrected chi connectivity index (χ2v) is 10.2. The fourth-order valence-corrected chi connectivity index (χ4v) is 5.17. The van der Waals surface area contributed by atoms with Crippen molar-refractivity contribution in [3.63, 3.8) is 0 Å². The smallest absolute Gasteiger partial charge is 0.310 e. The van der Waals surface area contributed by atoms with Crippen molar-refractivity contribution in [3.8, 4) is 0 Å². The average molecular weight is 539 g/mol. The van der Waals surface area contributed by atoms with Crippen molar-refractivity contribution in [1.82, 2.24) is 5.32 Å². The van der Waals surface area contributed by atoms with E-state index >= 15 is 0 Å². The van der Waals surface area contributed by atoms with E-state index in [0.29, 0.717) is 11.6 Å². The third-order valence-corrected chi connectivity index (χ3v) is 7.39. The summed E-state index contributed by atoms with van der Waals surface area (Å²) in [5.41, 5.74) is 3.04. The van der Waals surface area contributed by atoms with E-state index in [9.17, 15) is 25.2 Å². The Balaban J connectivity index is 1.29. The third kappa shape index (κ3) is 7.13. The highest BCUT2D eigenvalue weighted by atomic mass is 16.6. The minimum atomic E-state index is -1.77. The first-order valence-corrected chi connectivity index (χ1v) is 13.3. The van der Waals surface area contributed by atoms with E-state index in [1.165, 1.54) is 16.3 Å². The van der Waals surface area contributed by atoms with E-state index in [4.69, 9.17) is 9.84 Å². The number of anilines is 1. The van der Waals surface area contributed by atoms with Crippen molar-refractivity contribution in [2.45, 2.75) is 56.3 Å². The zero-order valence-electron chi connectivity index (χ0n) is 22.1. The molecule has 0 radical (unpaired) electrons. The van der Waals surface area contributed by atoms with Crippen molar-refractivity contribution in [2.75, 3.05) is 31.2 Å². The number of hydrogen-bond acceptors (Lipinski definition) is 9. The molecule has 210 valence electrons. The first-order chi connectivity index (χ1) is 18.8. The molecule has 1 fully saturated rings. The lowest BCUT2D eigenvalue weighted by Gasteiger charge is -2.27. The van der Waals surface area contributed by atoms with Gasteiger partial charge in [-0.05, 0) is 47.4 Å². The zero-order chi connectivity index (χ0) is 27.9. The Morgan fingerprint density at radius 2 is 1.69 bits per heavy atom. The summed E-state index contributed by atoms with van der Waals surface area (Å²) in [6.45, 7) is 2.46. The van der Waals surface area contributed by atoms with Crippen molar-refractivity contribution in [2.24, 2.45) is 0 Å². The van der Waals surface area contributed by atoms with Crippen LogP contribution in [0.1, 0.15) is 30.5 Å². The summed E-state index contributed by atoms with van der Waals surface area (Å²) >= 11 is 0. The second kappa shape index (κ2) is 13.3. The van der Waals surface area contributed by atoms with Gasteiger partial charge in [-0.15, -0.1) is 0 Å². The molecule has 1 aliphatic heterocycles. The molecule has 9 heteroatoms. The van der Waals surface area contributed by atoms with Crippen LogP contribution in [0.5, 0.6) is 0 Å². The van der Waals surface area contributed by atoms with Gasteiger partial charge in [-0.25, -0.2) is 0 Å². The second-order valence-electron chi connectivity index (χ2n) is 10.2. The average Bonchev–Trinajstić information content (AvgIpc) is 3.43. The number of fused-ring (bicyclic) bond motifs is 1. The molecule has 4 rings (SSSR count). The molecule has 1 heterocycles. The summed E-state index contributed by atoms with van der Waals surface area (Å²) in [5, 5.41) is 54.0. The molecule has 0 aliphatic carbocycles. The first kappa shape index (κ1) is 28.9. The number of ether oxygens (including phenoxy) is 1. The maximum absolute atomic E-state index is 12.4. The van der Waals surface area contributed by atoms with Gasteiger partial charge < -0.3 is 40.5 Å². The molecule has 6 N–H and O–H groups in total. The number of nitrogens with one attached hydrogen (secondary N) is 1. The lowest BCUT2D eigenvalue weighted by molar-refractivity contribution is -0.170. The summed E-state index contributed by atoms with van der Waals surface area (Å²) in [7, 11) is 0. The van der Waals surface area contributed by atoms with Crippen molar-refractivity contribution < 1.29 is 35.1 Å². The van der Waals surface area contributed by atoms with Crippen LogP contribution in [0.2, 0.25) is 0 Å². The number of aliphatic hydroxyl groups excluding tert-OH is 5. The molecule has 0 unspecified atom stereocenters. The van der Waals surface area contributed by atoms with E-state index in [0.717, 1.165) is 25.2 Å². The van der Waals surface area contributed by atoms with Crippen LogP contribution in [0.4, 0.5) is 5.69 Å². The van der Waals surface area contributed by atoms with Gasteiger partial charge in [0.25, 0.3) is 0 Å². The van der Waals surface area contributed by atoms with Crippen LogP contribution in [0.25, 0.3) is 10.8 Å². The van der Waals surface area contributed by atoms with Crippen LogP contribution < -0.4 is 10.2 Å². The fourth-order valence-electron chi connectivity index (χ4n) is 5.17. The number of nitrogens with zero attached hydrogens (tertiary/aromatic N) is 1. The molecule has 39 heavy (non-hydrogen) atoms. The summed E-state index contributed by atoms with van der Waals surface area (Å²) in [4.78, 5) is 14.7. The predicted molar refractivity (Wildman–Crippen MR) is 148 cm³/mol. The molecule has 0 bridgehead atoms. The number of carbonyl (C=O) groups is 1. The third-order valence-electron chi connectivity index (χ3n) is 7.39. The quantitative estimate of drug-likeness (QED) is 0.188. The summed E-state index contributed by atoms with van der Waals surface area (Å²) in [5.74, 6) is -0.695. The number of esters is 1. The predicted octanol–water partition coefficient (Wildman–Crippen LogP) is 1.29. The van der Waals surface area contributed by atoms with Gasteiger partial charge in [0, 0.05) is 30.9 Å². The monoisotopic (exact) mass is 538 g/mol. The molecular formula is C30H38N2O7. The van der Waals surface area contributed by atoms with Crippen LogP contribution >= 0.6 is 0 Å². The normalized spacial score (nSPS) is 19.4. The summed E-state index contributed by atoms with van der Waals surface area (Å²) < 4.78 is 5.12. The lowest BCUT2D eigenvalue weighted by Crippen LogP contribution is -2.48. The highest BCUT2D eigenvalue weighted by Crippen LogP contribution is 2.27. The van der Waals surface area contributed by atoms with Crippen LogP contribution in [-0.4, -0.2) is 88.3 Å². The molecule has 0 amide bonds. The molecule has 3 aromatic rings. The number of aliphatic hydroxyl groups is 5. The maximum atomic E-state index is 12.4. The van der Waals surface area contributed by atoms with Crippen LogP contribution in [0.3, 0.4) is 0 Å². The number of carbonyl (C=O) groups excluding carboxylic acids is 1. The molecule has 0 saturated carbocycles. The summed E-state index contributed by atoms with van der Waals surface area (Å²) in [6.07, 6.45) is -5.64. The van der Waals surface area contributed by atoms with Crippen molar-refractivity contribution in [1.29, 1.82) is 0 Å². The SMILES string of the molecule is C[C@@H](N[C@H]1CCN(c2ccc(CC(=O)O[C@H](CO)[C@@H](O)[C@H](O)[C@H](O)CO)cc2)C1)c1cccc2ccccc12. The largest absolute Gasteiger partial charge is 0.457 e. The highest BCUT2D eigenvalue weighted by molar-refractivity contribution is 5.86.